The van der Waals surface area contributed by atoms with Crippen LogP contribution in [0.3, 0.4) is 0 Å². The molecule has 5 rings (SSSR count). The summed E-state index contributed by atoms with van der Waals surface area (Å²) in [6, 6.07) is 19.5. The van der Waals surface area contributed by atoms with Crippen LogP contribution in [-0.4, -0.2) is 46.4 Å². The SMILES string of the molecule is CN1CCC(OC2c3ccccc3CCn3cc(SCCc4ccccc4)nc32)CC1. The highest BCUT2D eigenvalue weighted by Gasteiger charge is 2.30. The number of nitrogens with zero attached hydrogens (tertiary/aromatic N) is 3. The molecule has 0 aliphatic carbocycles. The standard InChI is InChI=1S/C26H31N3OS/c1-28-15-12-22(13-16-28)30-25-23-10-6-5-9-21(23)11-17-29-19-24(27-26(25)29)31-18-14-20-7-3-2-4-8-20/h2-10,19,22,25H,11-18H2,1H3. The molecule has 0 N–H and O–H groups in total. The fraction of sp³-hybridized carbons (Fsp3) is 0.423. The molecule has 0 bridgehead atoms. The first-order chi connectivity index (χ1) is 15.3. The van der Waals surface area contributed by atoms with E-state index in [1.807, 2.05) is 11.8 Å². The molecule has 2 aliphatic heterocycles. The van der Waals surface area contributed by atoms with Crippen LogP contribution in [-0.2, 0) is 24.1 Å². The van der Waals surface area contributed by atoms with Crippen molar-refractivity contribution in [2.75, 3.05) is 25.9 Å². The summed E-state index contributed by atoms with van der Waals surface area (Å²) in [6.07, 6.45) is 6.74. The molecule has 1 atom stereocenters. The average molecular weight is 434 g/mol. The van der Waals surface area contributed by atoms with E-state index in [1.54, 1.807) is 0 Å². The Bertz CT molecular complexity index is 995. The summed E-state index contributed by atoms with van der Waals surface area (Å²) in [6.45, 7) is 3.17. The second-order valence-corrected chi connectivity index (χ2v) is 9.80. The van der Waals surface area contributed by atoms with Gasteiger partial charge in [-0.2, -0.15) is 0 Å². The second kappa shape index (κ2) is 9.60. The molecule has 1 unspecified atom stereocenters. The van der Waals surface area contributed by atoms with Gasteiger partial charge in [0.1, 0.15) is 17.0 Å². The van der Waals surface area contributed by atoms with E-state index in [4.69, 9.17) is 9.72 Å². The van der Waals surface area contributed by atoms with E-state index in [2.05, 4.69) is 77.3 Å². The minimum Gasteiger partial charge on any atom is -0.362 e. The molecule has 1 saturated heterocycles. The molecule has 2 aliphatic rings. The number of benzene rings is 2. The molecule has 4 nitrogen and oxygen atoms in total. The van der Waals surface area contributed by atoms with Gasteiger partial charge in [0.05, 0.1) is 6.10 Å². The van der Waals surface area contributed by atoms with Crippen molar-refractivity contribution < 1.29 is 4.74 Å². The first kappa shape index (κ1) is 20.8. The lowest BCUT2D eigenvalue weighted by atomic mass is 10.00. The smallest absolute Gasteiger partial charge is 0.144 e. The summed E-state index contributed by atoms with van der Waals surface area (Å²) in [5.41, 5.74) is 4.07. The molecule has 31 heavy (non-hydrogen) atoms. The van der Waals surface area contributed by atoms with E-state index in [1.165, 1.54) is 16.7 Å². The maximum Gasteiger partial charge on any atom is 0.144 e. The number of hydrogen-bond donors (Lipinski definition) is 0. The van der Waals surface area contributed by atoms with E-state index >= 15 is 0 Å². The summed E-state index contributed by atoms with van der Waals surface area (Å²) in [4.78, 5) is 7.49. The summed E-state index contributed by atoms with van der Waals surface area (Å²) >= 11 is 1.85. The van der Waals surface area contributed by atoms with Crippen LogP contribution < -0.4 is 0 Å². The van der Waals surface area contributed by atoms with Crippen molar-refractivity contribution in [1.82, 2.24) is 14.5 Å². The van der Waals surface area contributed by atoms with Crippen LogP contribution in [0.5, 0.6) is 0 Å². The maximum atomic E-state index is 6.78. The lowest BCUT2D eigenvalue weighted by Gasteiger charge is -2.32. The Morgan fingerprint density at radius 2 is 1.77 bits per heavy atom. The van der Waals surface area contributed by atoms with Gasteiger partial charge in [0.2, 0.25) is 0 Å². The number of thioether (sulfide) groups is 1. The summed E-state index contributed by atoms with van der Waals surface area (Å²) < 4.78 is 9.12. The molecule has 3 heterocycles. The number of fused-ring (bicyclic) bond motifs is 2. The molecule has 3 aromatic rings. The molecule has 162 valence electrons. The van der Waals surface area contributed by atoms with Crippen molar-refractivity contribution in [2.24, 2.45) is 0 Å². The number of piperidine rings is 1. The van der Waals surface area contributed by atoms with Crippen LogP contribution in [0.1, 0.15) is 41.5 Å². The first-order valence-corrected chi connectivity index (χ1v) is 12.4. The van der Waals surface area contributed by atoms with Gasteiger partial charge in [-0.1, -0.05) is 54.6 Å². The summed E-state index contributed by atoms with van der Waals surface area (Å²) in [5.74, 6) is 2.11. The minimum atomic E-state index is -0.0735. The third-order valence-corrected chi connectivity index (χ3v) is 7.36. The van der Waals surface area contributed by atoms with Crippen LogP contribution in [0, 0.1) is 0 Å². The Balaban J connectivity index is 1.35. The van der Waals surface area contributed by atoms with Crippen molar-refractivity contribution in [3.63, 3.8) is 0 Å². The average Bonchev–Trinajstić information content (AvgIpc) is 3.15. The minimum absolute atomic E-state index is 0.0735. The zero-order valence-electron chi connectivity index (χ0n) is 18.2. The number of aryl methyl sites for hydroxylation is 3. The van der Waals surface area contributed by atoms with E-state index in [0.717, 1.165) is 61.9 Å². The number of likely N-dealkylation sites (tertiary alicyclic amines) is 1. The highest BCUT2D eigenvalue weighted by atomic mass is 32.2. The lowest BCUT2D eigenvalue weighted by molar-refractivity contribution is -0.0276. The van der Waals surface area contributed by atoms with Gasteiger partial charge >= 0.3 is 0 Å². The topological polar surface area (TPSA) is 30.3 Å². The molecule has 0 radical (unpaired) electrons. The number of aromatic nitrogens is 2. The van der Waals surface area contributed by atoms with Gasteiger partial charge in [-0.25, -0.2) is 4.98 Å². The Kier molecular flexibility index (Phi) is 6.44. The van der Waals surface area contributed by atoms with E-state index in [-0.39, 0.29) is 6.10 Å². The summed E-state index contributed by atoms with van der Waals surface area (Å²) in [7, 11) is 2.20. The Morgan fingerprint density at radius 3 is 2.61 bits per heavy atom. The highest BCUT2D eigenvalue weighted by Crippen LogP contribution is 2.35. The van der Waals surface area contributed by atoms with Crippen molar-refractivity contribution in [1.29, 1.82) is 0 Å². The lowest BCUT2D eigenvalue weighted by Crippen LogP contribution is -2.35. The molecule has 5 heteroatoms. The van der Waals surface area contributed by atoms with Crippen molar-refractivity contribution in [2.45, 2.75) is 49.5 Å². The zero-order chi connectivity index (χ0) is 21.0. The molecule has 0 spiro atoms. The van der Waals surface area contributed by atoms with E-state index < -0.39 is 0 Å². The predicted octanol–water partition coefficient (Wildman–Crippen LogP) is 4.97. The zero-order valence-corrected chi connectivity index (χ0v) is 19.1. The third kappa shape index (κ3) is 4.89. The van der Waals surface area contributed by atoms with Crippen LogP contribution in [0.4, 0.5) is 0 Å². The second-order valence-electron chi connectivity index (χ2n) is 8.68. The predicted molar refractivity (Wildman–Crippen MR) is 127 cm³/mol. The Labute approximate surface area is 189 Å². The van der Waals surface area contributed by atoms with Gasteiger partial charge in [0, 0.05) is 31.6 Å². The molecule has 1 fully saturated rings. The number of imidazole rings is 1. The van der Waals surface area contributed by atoms with Crippen LogP contribution in [0.2, 0.25) is 0 Å². The van der Waals surface area contributed by atoms with Crippen LogP contribution >= 0.6 is 11.8 Å². The maximum absolute atomic E-state index is 6.78. The highest BCUT2D eigenvalue weighted by molar-refractivity contribution is 7.99. The van der Waals surface area contributed by atoms with Crippen molar-refractivity contribution in [3.8, 4) is 0 Å². The monoisotopic (exact) mass is 433 g/mol. The van der Waals surface area contributed by atoms with E-state index in [9.17, 15) is 0 Å². The van der Waals surface area contributed by atoms with Crippen LogP contribution in [0.25, 0.3) is 0 Å². The normalized spacial score (nSPS) is 19.6. The number of rotatable bonds is 6. The molecule has 0 amide bonds. The van der Waals surface area contributed by atoms with Crippen molar-refractivity contribution in [3.05, 3.63) is 83.3 Å². The van der Waals surface area contributed by atoms with Gasteiger partial charge in [-0.05, 0) is 49.4 Å². The van der Waals surface area contributed by atoms with E-state index in [0.29, 0.717) is 6.10 Å². The summed E-state index contributed by atoms with van der Waals surface area (Å²) in [5, 5.41) is 1.11. The molecule has 1 aromatic heterocycles. The van der Waals surface area contributed by atoms with Crippen LogP contribution in [0.15, 0.2) is 65.8 Å². The fourth-order valence-corrected chi connectivity index (χ4v) is 5.53. The third-order valence-electron chi connectivity index (χ3n) is 6.46. The van der Waals surface area contributed by atoms with Gasteiger partial charge in [-0.3, -0.25) is 0 Å². The van der Waals surface area contributed by atoms with Gasteiger partial charge in [0.25, 0.3) is 0 Å². The van der Waals surface area contributed by atoms with Gasteiger partial charge in [0.15, 0.2) is 0 Å². The van der Waals surface area contributed by atoms with Gasteiger partial charge < -0.3 is 14.2 Å². The molecular formula is C26H31N3OS. The quantitative estimate of drug-likeness (QED) is 0.513. The fourth-order valence-electron chi connectivity index (χ4n) is 4.63. The molecule has 0 saturated carbocycles. The first-order valence-electron chi connectivity index (χ1n) is 11.4. The number of ether oxygens (including phenoxy) is 1. The molecule has 2 aromatic carbocycles. The molecular weight excluding hydrogens is 402 g/mol. The Hall–Kier alpha value is -2.08. The Morgan fingerprint density at radius 1 is 1.00 bits per heavy atom. The van der Waals surface area contributed by atoms with Gasteiger partial charge in [-0.15, -0.1) is 11.8 Å². The number of hydrogen-bond acceptors (Lipinski definition) is 4. The van der Waals surface area contributed by atoms with Crippen molar-refractivity contribution >= 4 is 11.8 Å². The largest absolute Gasteiger partial charge is 0.362 e.